The monoisotopic (exact) mass is 322 g/mol. The molecule has 0 spiro atoms. The van der Waals surface area contributed by atoms with Crippen molar-refractivity contribution in [2.75, 3.05) is 18.1 Å². The zero-order chi connectivity index (χ0) is 15.7. The van der Waals surface area contributed by atoms with E-state index in [9.17, 15) is 0 Å². The Labute approximate surface area is 141 Å². The van der Waals surface area contributed by atoms with Gasteiger partial charge in [-0.1, -0.05) is 75.3 Å². The fourth-order valence-electron chi connectivity index (χ4n) is 2.68. The minimum Gasteiger partial charge on any atom is -0.396 e. The predicted molar refractivity (Wildman–Crippen MR) is 101 cm³/mol. The van der Waals surface area contributed by atoms with Crippen LogP contribution in [-0.4, -0.2) is 23.2 Å². The highest BCUT2D eigenvalue weighted by molar-refractivity contribution is 7.99. The number of aliphatic hydroxyl groups excluding tert-OH is 1. The number of hydrogen-bond acceptors (Lipinski definition) is 2. The number of aryl methyl sites for hydroxylation is 1. The minimum atomic E-state index is 0.346. The summed E-state index contributed by atoms with van der Waals surface area (Å²) in [7, 11) is 0. The van der Waals surface area contributed by atoms with Crippen molar-refractivity contribution in [2.45, 2.75) is 70.6 Å². The van der Waals surface area contributed by atoms with E-state index in [2.05, 4.69) is 30.3 Å². The number of thioether (sulfide) groups is 1. The maximum Gasteiger partial charge on any atom is 0.0438 e. The third kappa shape index (κ3) is 12.1. The Morgan fingerprint density at radius 3 is 1.82 bits per heavy atom. The van der Waals surface area contributed by atoms with Gasteiger partial charge in [-0.15, -0.1) is 0 Å². The Morgan fingerprint density at radius 1 is 0.636 bits per heavy atom. The summed E-state index contributed by atoms with van der Waals surface area (Å²) in [6, 6.07) is 10.8. The average Bonchev–Trinajstić information content (AvgIpc) is 2.56. The predicted octanol–water partition coefficient (Wildman–Crippen LogP) is 5.86. The molecule has 1 rings (SSSR count). The van der Waals surface area contributed by atoms with Crippen LogP contribution in [0.15, 0.2) is 30.3 Å². The highest BCUT2D eigenvalue weighted by atomic mass is 32.2. The molecule has 0 heterocycles. The van der Waals surface area contributed by atoms with Crippen molar-refractivity contribution >= 4 is 11.8 Å². The summed E-state index contributed by atoms with van der Waals surface area (Å²) in [5.41, 5.74) is 1.49. The first-order chi connectivity index (χ1) is 10.9. The molecule has 1 nitrogen and oxygen atoms in total. The SMILES string of the molecule is OCCCSCCCCCCCCCCCc1ccccc1. The molecule has 0 saturated carbocycles. The molecule has 0 fully saturated rings. The molecular weight excluding hydrogens is 288 g/mol. The molecule has 0 aliphatic carbocycles. The largest absolute Gasteiger partial charge is 0.396 e. The molecule has 1 N–H and O–H groups in total. The number of aliphatic hydroxyl groups is 1. The lowest BCUT2D eigenvalue weighted by Crippen LogP contribution is -1.88. The van der Waals surface area contributed by atoms with Crippen molar-refractivity contribution in [1.29, 1.82) is 0 Å². The molecule has 22 heavy (non-hydrogen) atoms. The molecule has 2 heteroatoms. The summed E-state index contributed by atoms with van der Waals surface area (Å²) in [5.74, 6) is 2.40. The van der Waals surface area contributed by atoms with Gasteiger partial charge in [-0.2, -0.15) is 11.8 Å². The van der Waals surface area contributed by atoms with E-state index in [4.69, 9.17) is 5.11 Å². The van der Waals surface area contributed by atoms with Gasteiger partial charge in [0, 0.05) is 6.61 Å². The summed E-state index contributed by atoms with van der Waals surface area (Å²) < 4.78 is 0. The van der Waals surface area contributed by atoms with Gasteiger partial charge in [-0.25, -0.2) is 0 Å². The van der Waals surface area contributed by atoms with Crippen molar-refractivity contribution in [1.82, 2.24) is 0 Å². The lowest BCUT2D eigenvalue weighted by Gasteiger charge is -2.03. The Bertz CT molecular complexity index is 326. The minimum absolute atomic E-state index is 0.346. The summed E-state index contributed by atoms with van der Waals surface area (Å²) in [6.45, 7) is 0.346. The van der Waals surface area contributed by atoms with Crippen LogP contribution in [0.5, 0.6) is 0 Å². The second kappa shape index (κ2) is 15.4. The molecule has 0 saturated heterocycles. The van der Waals surface area contributed by atoms with Gasteiger partial charge in [-0.05, 0) is 42.8 Å². The maximum atomic E-state index is 8.69. The van der Waals surface area contributed by atoms with Crippen molar-refractivity contribution in [3.05, 3.63) is 35.9 Å². The van der Waals surface area contributed by atoms with Crippen molar-refractivity contribution in [2.24, 2.45) is 0 Å². The molecule has 0 aliphatic rings. The second-order valence-electron chi connectivity index (χ2n) is 6.11. The zero-order valence-corrected chi connectivity index (χ0v) is 15.0. The van der Waals surface area contributed by atoms with Gasteiger partial charge in [-0.3, -0.25) is 0 Å². The van der Waals surface area contributed by atoms with E-state index in [0.29, 0.717) is 6.61 Å². The fraction of sp³-hybridized carbons (Fsp3) is 0.700. The van der Waals surface area contributed by atoms with Gasteiger partial charge in [0.05, 0.1) is 0 Å². The Hall–Kier alpha value is -0.470. The van der Waals surface area contributed by atoms with Gasteiger partial charge in [0.1, 0.15) is 0 Å². The van der Waals surface area contributed by atoms with Gasteiger partial charge in [0.25, 0.3) is 0 Å². The molecule has 0 unspecified atom stereocenters. The Kier molecular flexibility index (Phi) is 13.7. The molecule has 0 aliphatic heterocycles. The summed E-state index contributed by atoms with van der Waals surface area (Å²) in [5, 5.41) is 8.69. The van der Waals surface area contributed by atoms with Crippen molar-refractivity contribution < 1.29 is 5.11 Å². The molecule has 0 aromatic heterocycles. The van der Waals surface area contributed by atoms with Crippen LogP contribution in [0.3, 0.4) is 0 Å². The van der Waals surface area contributed by atoms with Gasteiger partial charge < -0.3 is 5.11 Å². The van der Waals surface area contributed by atoms with Gasteiger partial charge in [0.15, 0.2) is 0 Å². The van der Waals surface area contributed by atoms with Crippen LogP contribution in [0.1, 0.15) is 69.8 Å². The summed E-state index contributed by atoms with van der Waals surface area (Å²) in [4.78, 5) is 0. The highest BCUT2D eigenvalue weighted by Gasteiger charge is 1.95. The third-order valence-corrected chi connectivity index (χ3v) is 5.20. The van der Waals surface area contributed by atoms with E-state index < -0.39 is 0 Å². The van der Waals surface area contributed by atoms with Crippen LogP contribution in [0.25, 0.3) is 0 Å². The molecule has 0 amide bonds. The first kappa shape index (κ1) is 19.6. The lowest BCUT2D eigenvalue weighted by molar-refractivity contribution is 0.296. The summed E-state index contributed by atoms with van der Waals surface area (Å²) >= 11 is 1.99. The smallest absolute Gasteiger partial charge is 0.0438 e. The standard InChI is InChI=1S/C20H34OS/c21-17-13-19-22-18-12-7-5-3-1-2-4-6-9-14-20-15-10-8-11-16-20/h8,10-11,15-16,21H,1-7,9,12-14,17-19H2. The van der Waals surface area contributed by atoms with E-state index in [1.165, 1.54) is 75.5 Å². The molecule has 0 bridgehead atoms. The topological polar surface area (TPSA) is 20.2 Å². The van der Waals surface area contributed by atoms with E-state index in [1.54, 1.807) is 0 Å². The molecule has 0 atom stereocenters. The van der Waals surface area contributed by atoms with Crippen LogP contribution < -0.4 is 0 Å². The van der Waals surface area contributed by atoms with E-state index in [-0.39, 0.29) is 0 Å². The number of rotatable bonds is 15. The van der Waals surface area contributed by atoms with Crippen molar-refractivity contribution in [3.8, 4) is 0 Å². The fourth-order valence-corrected chi connectivity index (χ4v) is 3.63. The van der Waals surface area contributed by atoms with Crippen molar-refractivity contribution in [3.63, 3.8) is 0 Å². The van der Waals surface area contributed by atoms with E-state index >= 15 is 0 Å². The molecule has 126 valence electrons. The van der Waals surface area contributed by atoms with Gasteiger partial charge >= 0.3 is 0 Å². The Balaban J connectivity index is 1.73. The Morgan fingerprint density at radius 2 is 1.18 bits per heavy atom. The molecule has 1 aromatic rings. The van der Waals surface area contributed by atoms with Crippen LogP contribution in [-0.2, 0) is 6.42 Å². The van der Waals surface area contributed by atoms with Crippen LogP contribution in [0.4, 0.5) is 0 Å². The average molecular weight is 323 g/mol. The molecule has 1 aromatic carbocycles. The maximum absolute atomic E-state index is 8.69. The van der Waals surface area contributed by atoms with E-state index in [1.807, 2.05) is 11.8 Å². The number of unbranched alkanes of at least 4 members (excludes halogenated alkanes) is 8. The summed E-state index contributed by atoms with van der Waals surface area (Å²) in [6.07, 6.45) is 14.7. The quantitative estimate of drug-likeness (QED) is 0.408. The third-order valence-electron chi connectivity index (χ3n) is 4.04. The van der Waals surface area contributed by atoms with Crippen LogP contribution in [0, 0.1) is 0 Å². The van der Waals surface area contributed by atoms with Gasteiger partial charge in [0.2, 0.25) is 0 Å². The van der Waals surface area contributed by atoms with Crippen LogP contribution in [0.2, 0.25) is 0 Å². The second-order valence-corrected chi connectivity index (χ2v) is 7.33. The first-order valence-corrected chi connectivity index (χ1v) is 10.3. The van der Waals surface area contributed by atoms with E-state index in [0.717, 1.165) is 12.2 Å². The number of benzene rings is 1. The highest BCUT2D eigenvalue weighted by Crippen LogP contribution is 2.13. The molecular formula is C20H34OS. The zero-order valence-electron chi connectivity index (χ0n) is 14.1. The number of hydrogen-bond donors (Lipinski definition) is 1. The first-order valence-electron chi connectivity index (χ1n) is 9.16. The molecule has 0 radical (unpaired) electrons. The lowest BCUT2D eigenvalue weighted by atomic mass is 10.0. The normalized spacial score (nSPS) is 11.0. The van der Waals surface area contributed by atoms with Crippen LogP contribution >= 0.6 is 11.8 Å².